The van der Waals surface area contributed by atoms with Crippen LogP contribution in [0.15, 0.2) is 48.5 Å². The molecule has 3 rings (SSSR count). The first kappa shape index (κ1) is 21.9. The molecule has 0 atom stereocenters. The molecular formula is C23H25N3O5. The Balaban J connectivity index is 1.65. The topological polar surface area (TPSA) is 91.7 Å². The predicted octanol–water partition coefficient (Wildman–Crippen LogP) is 3.36. The minimum absolute atomic E-state index is 0.364. The summed E-state index contributed by atoms with van der Waals surface area (Å²) in [6.45, 7) is 3.64. The van der Waals surface area contributed by atoms with Crippen LogP contribution >= 0.6 is 0 Å². The molecule has 1 amide bonds. The molecule has 0 radical (unpaired) electrons. The summed E-state index contributed by atoms with van der Waals surface area (Å²) in [5, 5.41) is 7.12. The molecule has 0 aliphatic rings. The van der Waals surface area contributed by atoms with Crippen LogP contribution in [0.2, 0.25) is 0 Å². The van der Waals surface area contributed by atoms with Crippen molar-refractivity contribution in [3.05, 3.63) is 71.0 Å². The van der Waals surface area contributed by atoms with Gasteiger partial charge >= 0.3 is 5.97 Å². The fraction of sp³-hybridized carbons (Fsp3) is 0.261. The maximum Gasteiger partial charge on any atom is 0.342 e. The van der Waals surface area contributed by atoms with Gasteiger partial charge in [0.25, 0.3) is 5.91 Å². The van der Waals surface area contributed by atoms with Crippen LogP contribution in [0.25, 0.3) is 0 Å². The molecule has 31 heavy (non-hydrogen) atoms. The molecule has 0 bridgehead atoms. The Labute approximate surface area is 180 Å². The fourth-order valence-corrected chi connectivity index (χ4v) is 3.20. The third-order valence-electron chi connectivity index (χ3n) is 4.78. The minimum atomic E-state index is -0.595. The van der Waals surface area contributed by atoms with Crippen molar-refractivity contribution >= 4 is 17.6 Å². The van der Waals surface area contributed by atoms with E-state index in [2.05, 4.69) is 10.4 Å². The largest absolute Gasteiger partial charge is 0.497 e. The normalized spacial score (nSPS) is 10.5. The maximum atomic E-state index is 12.6. The van der Waals surface area contributed by atoms with E-state index in [9.17, 15) is 9.59 Å². The van der Waals surface area contributed by atoms with Crippen molar-refractivity contribution in [1.82, 2.24) is 9.78 Å². The SMILES string of the molecule is COc1ccc(OC)c(NC(=O)COC(=O)c2c(C)nn(Cc3ccccc3)c2C)c1. The number of hydrogen-bond donors (Lipinski definition) is 1. The lowest BCUT2D eigenvalue weighted by Gasteiger charge is -2.12. The molecule has 0 unspecified atom stereocenters. The summed E-state index contributed by atoms with van der Waals surface area (Å²) in [6, 6.07) is 14.8. The van der Waals surface area contributed by atoms with Gasteiger partial charge in [-0.15, -0.1) is 0 Å². The van der Waals surface area contributed by atoms with Crippen LogP contribution in [0.3, 0.4) is 0 Å². The van der Waals surface area contributed by atoms with Gasteiger partial charge in [-0.3, -0.25) is 9.48 Å². The number of nitrogens with one attached hydrogen (secondary N) is 1. The Morgan fingerprint density at radius 3 is 2.45 bits per heavy atom. The minimum Gasteiger partial charge on any atom is -0.497 e. The van der Waals surface area contributed by atoms with E-state index in [1.807, 2.05) is 30.3 Å². The lowest BCUT2D eigenvalue weighted by molar-refractivity contribution is -0.119. The van der Waals surface area contributed by atoms with Crippen molar-refractivity contribution in [2.45, 2.75) is 20.4 Å². The van der Waals surface area contributed by atoms with Gasteiger partial charge in [-0.25, -0.2) is 4.79 Å². The second-order valence-electron chi connectivity index (χ2n) is 6.88. The zero-order chi connectivity index (χ0) is 22.4. The summed E-state index contributed by atoms with van der Waals surface area (Å²) in [5.41, 5.74) is 3.09. The number of nitrogens with zero attached hydrogens (tertiary/aromatic N) is 2. The molecule has 0 aliphatic carbocycles. The van der Waals surface area contributed by atoms with Gasteiger partial charge in [0.2, 0.25) is 0 Å². The van der Waals surface area contributed by atoms with E-state index < -0.39 is 18.5 Å². The molecule has 162 valence electrons. The van der Waals surface area contributed by atoms with E-state index in [1.54, 1.807) is 36.7 Å². The van der Waals surface area contributed by atoms with E-state index >= 15 is 0 Å². The van der Waals surface area contributed by atoms with Crippen LogP contribution < -0.4 is 14.8 Å². The average molecular weight is 423 g/mol. The monoisotopic (exact) mass is 423 g/mol. The first-order valence-corrected chi connectivity index (χ1v) is 9.70. The molecule has 8 heteroatoms. The molecular weight excluding hydrogens is 398 g/mol. The molecule has 1 heterocycles. The molecule has 0 aliphatic heterocycles. The first-order valence-electron chi connectivity index (χ1n) is 9.70. The molecule has 1 N–H and O–H groups in total. The van der Waals surface area contributed by atoms with Gasteiger partial charge < -0.3 is 19.5 Å². The highest BCUT2D eigenvalue weighted by Crippen LogP contribution is 2.28. The van der Waals surface area contributed by atoms with Crippen molar-refractivity contribution in [2.24, 2.45) is 0 Å². The third kappa shape index (κ3) is 5.22. The quantitative estimate of drug-likeness (QED) is 0.559. The Morgan fingerprint density at radius 2 is 1.77 bits per heavy atom. The Hall–Kier alpha value is -3.81. The van der Waals surface area contributed by atoms with Gasteiger partial charge in [0.05, 0.1) is 37.8 Å². The van der Waals surface area contributed by atoms with Crippen molar-refractivity contribution in [1.29, 1.82) is 0 Å². The highest BCUT2D eigenvalue weighted by atomic mass is 16.5. The molecule has 0 saturated carbocycles. The van der Waals surface area contributed by atoms with Gasteiger partial charge in [0, 0.05) is 6.07 Å². The van der Waals surface area contributed by atoms with Gasteiger partial charge in [-0.2, -0.15) is 5.10 Å². The van der Waals surface area contributed by atoms with Gasteiger partial charge in [-0.1, -0.05) is 30.3 Å². The lowest BCUT2D eigenvalue weighted by Crippen LogP contribution is -2.21. The van der Waals surface area contributed by atoms with E-state index in [1.165, 1.54) is 14.2 Å². The smallest absolute Gasteiger partial charge is 0.342 e. The average Bonchev–Trinajstić information content (AvgIpc) is 3.05. The third-order valence-corrected chi connectivity index (χ3v) is 4.78. The van der Waals surface area contributed by atoms with E-state index in [0.29, 0.717) is 40.7 Å². The van der Waals surface area contributed by atoms with Crippen LogP contribution in [0.4, 0.5) is 5.69 Å². The molecule has 0 spiro atoms. The maximum absolute atomic E-state index is 12.6. The number of ether oxygens (including phenoxy) is 3. The Bertz CT molecular complexity index is 1080. The summed E-state index contributed by atoms with van der Waals surface area (Å²) in [7, 11) is 3.02. The zero-order valence-electron chi connectivity index (χ0n) is 18.0. The molecule has 0 saturated heterocycles. The summed E-state index contributed by atoms with van der Waals surface area (Å²) < 4.78 is 17.4. The van der Waals surface area contributed by atoms with Gasteiger partial charge in [-0.05, 0) is 31.5 Å². The molecule has 0 fully saturated rings. The van der Waals surface area contributed by atoms with Crippen molar-refractivity contribution in [3.8, 4) is 11.5 Å². The van der Waals surface area contributed by atoms with E-state index in [-0.39, 0.29) is 0 Å². The number of esters is 1. The molecule has 3 aromatic rings. The summed E-state index contributed by atoms with van der Waals surface area (Å²) in [6.07, 6.45) is 0. The van der Waals surface area contributed by atoms with E-state index in [4.69, 9.17) is 14.2 Å². The second kappa shape index (κ2) is 9.80. The molecule has 8 nitrogen and oxygen atoms in total. The number of hydrogen-bond acceptors (Lipinski definition) is 6. The number of carbonyl (C=O) groups excluding carboxylic acids is 2. The first-order chi connectivity index (χ1) is 14.9. The molecule has 1 aromatic heterocycles. The van der Waals surface area contributed by atoms with Crippen molar-refractivity contribution in [3.63, 3.8) is 0 Å². The van der Waals surface area contributed by atoms with Crippen LogP contribution in [0.5, 0.6) is 11.5 Å². The number of aryl methyl sites for hydroxylation is 1. The van der Waals surface area contributed by atoms with Gasteiger partial charge in [0.1, 0.15) is 17.1 Å². The number of aromatic nitrogens is 2. The second-order valence-corrected chi connectivity index (χ2v) is 6.88. The standard InChI is InChI=1S/C23H25N3O5/c1-15-22(16(2)26(25-15)13-17-8-6-5-7-9-17)23(28)31-14-21(27)24-19-12-18(29-3)10-11-20(19)30-4/h5-12H,13-14H2,1-4H3,(H,24,27). The number of rotatable bonds is 8. The number of methoxy groups -OCH3 is 2. The van der Waals surface area contributed by atoms with Crippen molar-refractivity contribution in [2.75, 3.05) is 26.1 Å². The van der Waals surface area contributed by atoms with Gasteiger partial charge in [0.15, 0.2) is 6.61 Å². The Kier molecular flexibility index (Phi) is 6.92. The zero-order valence-corrected chi connectivity index (χ0v) is 18.0. The number of amides is 1. The predicted molar refractivity (Wildman–Crippen MR) is 116 cm³/mol. The Morgan fingerprint density at radius 1 is 1.03 bits per heavy atom. The van der Waals surface area contributed by atoms with Crippen LogP contribution in [0.1, 0.15) is 27.3 Å². The van der Waals surface area contributed by atoms with Crippen LogP contribution in [-0.4, -0.2) is 42.5 Å². The van der Waals surface area contributed by atoms with Crippen molar-refractivity contribution < 1.29 is 23.8 Å². The summed E-state index contributed by atoms with van der Waals surface area (Å²) in [4.78, 5) is 25.0. The van der Waals surface area contributed by atoms with Crippen LogP contribution in [-0.2, 0) is 16.1 Å². The highest BCUT2D eigenvalue weighted by molar-refractivity contribution is 5.97. The number of carbonyl (C=O) groups is 2. The van der Waals surface area contributed by atoms with Crippen LogP contribution in [0, 0.1) is 13.8 Å². The summed E-state index contributed by atoms with van der Waals surface area (Å²) in [5.74, 6) is -0.0616. The fourth-order valence-electron chi connectivity index (χ4n) is 3.20. The summed E-state index contributed by atoms with van der Waals surface area (Å²) >= 11 is 0. The lowest BCUT2D eigenvalue weighted by atomic mass is 10.2. The number of anilines is 1. The van der Waals surface area contributed by atoms with E-state index in [0.717, 1.165) is 5.56 Å². The highest BCUT2D eigenvalue weighted by Gasteiger charge is 2.21. The molecule has 2 aromatic carbocycles. The number of benzene rings is 2.